The summed E-state index contributed by atoms with van der Waals surface area (Å²) in [7, 11) is 0. The summed E-state index contributed by atoms with van der Waals surface area (Å²) < 4.78 is 23.0. The molecule has 0 spiro atoms. The maximum absolute atomic E-state index is 14.2. The number of hydrogen-bond acceptors (Lipinski definition) is 6. The van der Waals surface area contributed by atoms with E-state index in [1.807, 2.05) is 44.5 Å². The molecule has 168 valence electrons. The van der Waals surface area contributed by atoms with Crippen molar-refractivity contribution in [3.05, 3.63) is 65.2 Å². The van der Waals surface area contributed by atoms with Gasteiger partial charge in [0.05, 0.1) is 12.3 Å². The summed E-state index contributed by atoms with van der Waals surface area (Å²) in [5, 5.41) is 14.9. The summed E-state index contributed by atoms with van der Waals surface area (Å²) in [6, 6.07) is 8.50. The number of hydrogen-bond donors (Lipinski definition) is 2. The minimum Gasteiger partial charge on any atom is -0.490 e. The van der Waals surface area contributed by atoms with Gasteiger partial charge in [0.1, 0.15) is 23.0 Å². The highest BCUT2D eigenvalue weighted by Gasteiger charge is 2.24. The number of H-pyrrole nitrogens is 1. The van der Waals surface area contributed by atoms with Crippen LogP contribution in [0.5, 0.6) is 5.75 Å². The summed E-state index contributed by atoms with van der Waals surface area (Å²) >= 11 is 1.58. The van der Waals surface area contributed by atoms with Gasteiger partial charge in [0.15, 0.2) is 5.82 Å². The van der Waals surface area contributed by atoms with Gasteiger partial charge < -0.3 is 10.5 Å². The van der Waals surface area contributed by atoms with E-state index in [0.29, 0.717) is 29.5 Å². The molecule has 1 aromatic carbocycles. The van der Waals surface area contributed by atoms with Crippen molar-refractivity contribution in [1.29, 1.82) is 0 Å². The van der Waals surface area contributed by atoms with E-state index in [-0.39, 0.29) is 11.9 Å². The van der Waals surface area contributed by atoms with E-state index in [1.54, 1.807) is 28.3 Å². The van der Waals surface area contributed by atoms with Crippen molar-refractivity contribution >= 4 is 21.4 Å². The Morgan fingerprint density at radius 2 is 2.09 bits per heavy atom. The first-order valence-corrected chi connectivity index (χ1v) is 11.5. The Bertz CT molecular complexity index is 1450. The number of benzene rings is 1. The van der Waals surface area contributed by atoms with E-state index in [0.717, 1.165) is 32.5 Å². The van der Waals surface area contributed by atoms with Gasteiger partial charge in [-0.2, -0.15) is 10.2 Å². The molecule has 0 bridgehead atoms. The van der Waals surface area contributed by atoms with E-state index < -0.39 is 0 Å². The molecule has 5 rings (SSSR count). The zero-order chi connectivity index (χ0) is 23.1. The molecule has 0 aliphatic heterocycles. The maximum atomic E-state index is 14.2. The molecule has 0 saturated heterocycles. The van der Waals surface area contributed by atoms with Crippen molar-refractivity contribution in [2.75, 3.05) is 0 Å². The van der Waals surface area contributed by atoms with Crippen LogP contribution < -0.4 is 10.5 Å². The molecule has 0 unspecified atom stereocenters. The molecular formula is C24H23FN6OS. The molecule has 0 fully saturated rings. The monoisotopic (exact) mass is 462 g/mol. The van der Waals surface area contributed by atoms with Crippen molar-refractivity contribution in [2.45, 2.75) is 33.4 Å². The van der Waals surface area contributed by atoms with Crippen molar-refractivity contribution in [1.82, 2.24) is 25.0 Å². The highest BCUT2D eigenvalue weighted by atomic mass is 32.1. The molecule has 4 heterocycles. The van der Waals surface area contributed by atoms with Crippen LogP contribution >= 0.6 is 11.3 Å². The molecule has 0 amide bonds. The largest absolute Gasteiger partial charge is 0.490 e. The summed E-state index contributed by atoms with van der Waals surface area (Å²) in [4.78, 5) is 5.03. The summed E-state index contributed by atoms with van der Waals surface area (Å²) in [5.74, 6) is 0.795. The van der Waals surface area contributed by atoms with Gasteiger partial charge in [-0.15, -0.1) is 11.3 Å². The standard InChI is InChI=1S/C24H23FN6OS/c1-13(2)32-20-8-15(25)4-5-17(20)21-22(19-9-16(10-26)29-30-19)28-24(18-6-7-33-23(18)21)31-12-14(3)11-27-31/h4-9,11-13H,10,26H2,1-3H3,(H,29,30). The third-order valence-electron chi connectivity index (χ3n) is 5.19. The first-order chi connectivity index (χ1) is 15.9. The van der Waals surface area contributed by atoms with Crippen LogP contribution in [-0.2, 0) is 6.54 Å². The number of aryl methyl sites for hydroxylation is 1. The fourth-order valence-corrected chi connectivity index (χ4v) is 4.74. The second-order valence-corrected chi connectivity index (χ2v) is 8.99. The zero-order valence-electron chi connectivity index (χ0n) is 18.5. The van der Waals surface area contributed by atoms with Crippen LogP contribution in [0.4, 0.5) is 4.39 Å². The zero-order valence-corrected chi connectivity index (χ0v) is 19.3. The maximum Gasteiger partial charge on any atom is 0.162 e. The molecule has 0 aliphatic carbocycles. The van der Waals surface area contributed by atoms with Gasteiger partial charge in [-0.3, -0.25) is 5.10 Å². The lowest BCUT2D eigenvalue weighted by Crippen LogP contribution is -2.08. The molecular weight excluding hydrogens is 439 g/mol. The van der Waals surface area contributed by atoms with Gasteiger partial charge in [-0.05, 0) is 56.0 Å². The Kier molecular flexibility index (Phi) is 5.43. The molecule has 0 saturated carbocycles. The molecule has 0 aliphatic rings. The predicted octanol–water partition coefficient (Wildman–Crippen LogP) is 5.23. The average Bonchev–Trinajstić information content (AvgIpc) is 3.53. The van der Waals surface area contributed by atoms with E-state index in [1.165, 1.54) is 12.1 Å². The number of pyridine rings is 1. The second kappa shape index (κ2) is 8.42. The van der Waals surface area contributed by atoms with Crippen LogP contribution in [0.3, 0.4) is 0 Å². The smallest absolute Gasteiger partial charge is 0.162 e. The number of nitrogens with zero attached hydrogens (tertiary/aromatic N) is 4. The van der Waals surface area contributed by atoms with Crippen LogP contribution in [0.25, 0.3) is 38.4 Å². The molecule has 7 nitrogen and oxygen atoms in total. The summed E-state index contributed by atoms with van der Waals surface area (Å²) in [6.07, 6.45) is 3.61. The lowest BCUT2D eigenvalue weighted by Gasteiger charge is -2.18. The molecule has 4 aromatic heterocycles. The Labute approximate surface area is 194 Å². The van der Waals surface area contributed by atoms with Crippen molar-refractivity contribution in [2.24, 2.45) is 5.73 Å². The van der Waals surface area contributed by atoms with E-state index in [4.69, 9.17) is 15.5 Å². The van der Waals surface area contributed by atoms with E-state index >= 15 is 0 Å². The Morgan fingerprint density at radius 1 is 1.24 bits per heavy atom. The van der Waals surface area contributed by atoms with Crippen molar-refractivity contribution in [3.8, 4) is 34.1 Å². The minimum absolute atomic E-state index is 0.124. The Morgan fingerprint density at radius 3 is 2.79 bits per heavy atom. The average molecular weight is 463 g/mol. The first-order valence-electron chi connectivity index (χ1n) is 10.6. The highest BCUT2D eigenvalue weighted by Crippen LogP contribution is 2.44. The molecule has 3 N–H and O–H groups in total. The molecule has 0 atom stereocenters. The fraction of sp³-hybridized carbons (Fsp3) is 0.208. The number of ether oxygens (including phenoxy) is 1. The number of fused-ring (bicyclic) bond motifs is 1. The second-order valence-electron chi connectivity index (χ2n) is 8.07. The van der Waals surface area contributed by atoms with Crippen LogP contribution in [-0.4, -0.2) is 31.1 Å². The number of rotatable bonds is 6. The third-order valence-corrected chi connectivity index (χ3v) is 6.12. The van der Waals surface area contributed by atoms with Crippen LogP contribution in [0.1, 0.15) is 25.1 Å². The number of nitrogens with two attached hydrogens (primary N) is 1. The number of thiophene rings is 1. The summed E-state index contributed by atoms with van der Waals surface area (Å²) in [5.41, 5.74) is 10.5. The Hall–Kier alpha value is -3.56. The van der Waals surface area contributed by atoms with Gasteiger partial charge in [0.25, 0.3) is 0 Å². The van der Waals surface area contributed by atoms with Gasteiger partial charge in [0.2, 0.25) is 0 Å². The SMILES string of the molecule is Cc1cnn(-c2nc(-c3cc(CN)[nH]n3)c(-c3ccc(F)cc3OC(C)C)c3sccc23)c1. The molecule has 33 heavy (non-hydrogen) atoms. The number of aromatic amines is 1. The van der Waals surface area contributed by atoms with Gasteiger partial charge >= 0.3 is 0 Å². The predicted molar refractivity (Wildman–Crippen MR) is 128 cm³/mol. The number of aromatic nitrogens is 5. The fourth-order valence-electron chi connectivity index (χ4n) is 3.79. The van der Waals surface area contributed by atoms with E-state index in [2.05, 4.69) is 15.3 Å². The van der Waals surface area contributed by atoms with Crippen molar-refractivity contribution < 1.29 is 9.13 Å². The third kappa shape index (κ3) is 3.90. The van der Waals surface area contributed by atoms with Gasteiger partial charge in [-0.25, -0.2) is 14.1 Å². The van der Waals surface area contributed by atoms with Gasteiger partial charge in [0, 0.05) is 45.7 Å². The van der Waals surface area contributed by atoms with Crippen LogP contribution in [0.2, 0.25) is 0 Å². The van der Waals surface area contributed by atoms with Gasteiger partial charge in [-0.1, -0.05) is 0 Å². The molecule has 9 heteroatoms. The van der Waals surface area contributed by atoms with Crippen LogP contribution in [0.15, 0.2) is 48.1 Å². The lowest BCUT2D eigenvalue weighted by molar-refractivity contribution is 0.242. The topological polar surface area (TPSA) is 94.6 Å². The minimum atomic E-state index is -0.361. The highest BCUT2D eigenvalue weighted by molar-refractivity contribution is 7.18. The van der Waals surface area contributed by atoms with E-state index in [9.17, 15) is 4.39 Å². The summed E-state index contributed by atoms with van der Waals surface area (Å²) in [6.45, 7) is 6.14. The van der Waals surface area contributed by atoms with Crippen LogP contribution in [0, 0.1) is 12.7 Å². The molecule has 5 aromatic rings. The lowest BCUT2D eigenvalue weighted by atomic mass is 9.99. The van der Waals surface area contributed by atoms with Crippen molar-refractivity contribution in [3.63, 3.8) is 0 Å². The number of nitrogens with one attached hydrogen (secondary N) is 1. The first kappa shape index (κ1) is 21.3. The quantitative estimate of drug-likeness (QED) is 0.360. The molecule has 0 radical (unpaired) electrons. The Balaban J connectivity index is 1.86. The number of halogens is 1. The normalized spacial score (nSPS) is 11.6.